The Morgan fingerprint density at radius 2 is 1.81 bits per heavy atom. The first kappa shape index (κ1) is 17.6. The van der Waals surface area contributed by atoms with E-state index in [2.05, 4.69) is 5.10 Å². The molecule has 1 amide bonds. The van der Waals surface area contributed by atoms with Gasteiger partial charge < -0.3 is 4.90 Å². The van der Waals surface area contributed by atoms with Gasteiger partial charge in [0.1, 0.15) is 5.69 Å². The van der Waals surface area contributed by atoms with Crippen molar-refractivity contribution in [3.8, 4) is 0 Å². The number of hydrogen-bond acceptors (Lipinski definition) is 3. The van der Waals surface area contributed by atoms with E-state index >= 15 is 0 Å². The Morgan fingerprint density at radius 1 is 1.04 bits per heavy atom. The Balaban J connectivity index is 1.91. The minimum absolute atomic E-state index is 0.222. The summed E-state index contributed by atoms with van der Waals surface area (Å²) in [6, 6.07) is 20.2. The van der Waals surface area contributed by atoms with Crippen LogP contribution in [0, 0.1) is 6.92 Å². The van der Waals surface area contributed by atoms with Gasteiger partial charge >= 0.3 is 0 Å². The lowest BCUT2D eigenvalue weighted by Crippen LogP contribution is -2.34. The average Bonchev–Trinajstić information content (AvgIpc) is 2.65. The highest BCUT2D eigenvalue weighted by Crippen LogP contribution is 2.17. The minimum atomic E-state index is -0.232. The van der Waals surface area contributed by atoms with Crippen molar-refractivity contribution in [3.63, 3.8) is 0 Å². The lowest BCUT2D eigenvalue weighted by molar-refractivity contribution is 0.0981. The number of benzene rings is 2. The summed E-state index contributed by atoms with van der Waals surface area (Å²) in [5.41, 5.74) is 2.88. The monoisotopic (exact) mass is 347 g/mol. The molecular weight excluding hydrogens is 326 g/mol. The fraction of sp³-hybridized carbons (Fsp3) is 0.190. The summed E-state index contributed by atoms with van der Waals surface area (Å²) in [6.07, 6.45) is 0. The van der Waals surface area contributed by atoms with E-state index in [-0.39, 0.29) is 17.2 Å². The van der Waals surface area contributed by atoms with Gasteiger partial charge in [-0.3, -0.25) is 9.59 Å². The highest BCUT2D eigenvalue weighted by molar-refractivity contribution is 6.04. The van der Waals surface area contributed by atoms with Gasteiger partial charge in [0, 0.05) is 18.3 Å². The lowest BCUT2D eigenvalue weighted by atomic mass is 10.2. The molecule has 5 nitrogen and oxygen atoms in total. The Kier molecular flexibility index (Phi) is 5.27. The first-order chi connectivity index (χ1) is 12.6. The van der Waals surface area contributed by atoms with E-state index in [9.17, 15) is 9.59 Å². The topological polar surface area (TPSA) is 55.2 Å². The molecule has 1 aromatic heterocycles. The first-order valence-corrected chi connectivity index (χ1v) is 8.59. The quantitative estimate of drug-likeness (QED) is 0.712. The normalized spacial score (nSPS) is 10.5. The van der Waals surface area contributed by atoms with Crippen LogP contribution >= 0.6 is 0 Å². The molecule has 0 spiro atoms. The van der Waals surface area contributed by atoms with Crippen molar-refractivity contribution in [1.29, 1.82) is 0 Å². The Labute approximate surface area is 152 Å². The van der Waals surface area contributed by atoms with E-state index in [1.54, 1.807) is 4.90 Å². The Bertz CT molecular complexity index is 964. The third-order valence-corrected chi connectivity index (χ3v) is 4.14. The summed E-state index contributed by atoms with van der Waals surface area (Å²) in [4.78, 5) is 26.7. The second kappa shape index (κ2) is 7.78. The molecule has 3 rings (SSSR count). The van der Waals surface area contributed by atoms with Gasteiger partial charge in [-0.2, -0.15) is 5.10 Å². The number of hydrogen-bond donors (Lipinski definition) is 0. The fourth-order valence-electron chi connectivity index (χ4n) is 2.81. The molecule has 0 aliphatic rings. The van der Waals surface area contributed by atoms with Crippen LogP contribution in [0.1, 0.15) is 28.5 Å². The number of carbonyl (C=O) groups is 1. The molecule has 0 atom stereocenters. The third-order valence-electron chi connectivity index (χ3n) is 4.14. The van der Waals surface area contributed by atoms with Crippen LogP contribution < -0.4 is 10.5 Å². The van der Waals surface area contributed by atoms with E-state index in [1.165, 1.54) is 16.8 Å². The molecule has 0 bridgehead atoms. The first-order valence-electron chi connectivity index (χ1n) is 8.59. The Morgan fingerprint density at radius 3 is 2.50 bits per heavy atom. The van der Waals surface area contributed by atoms with Crippen molar-refractivity contribution in [3.05, 3.63) is 93.9 Å². The van der Waals surface area contributed by atoms with Crippen molar-refractivity contribution in [2.75, 3.05) is 11.4 Å². The molecule has 0 unspecified atom stereocenters. The van der Waals surface area contributed by atoms with Gasteiger partial charge in [0.05, 0.1) is 6.54 Å². The van der Waals surface area contributed by atoms with Crippen molar-refractivity contribution in [1.82, 2.24) is 9.78 Å². The second-order valence-electron chi connectivity index (χ2n) is 6.09. The maximum atomic E-state index is 13.0. The molecule has 0 aliphatic heterocycles. The third kappa shape index (κ3) is 3.88. The summed E-state index contributed by atoms with van der Waals surface area (Å²) >= 11 is 0. The number of anilines is 1. The van der Waals surface area contributed by atoms with Crippen molar-refractivity contribution >= 4 is 11.6 Å². The second-order valence-corrected chi connectivity index (χ2v) is 6.09. The molecule has 1 heterocycles. The van der Waals surface area contributed by atoms with Crippen LogP contribution in [0.15, 0.2) is 71.5 Å². The SMILES string of the molecule is CCN(C(=O)c1ccc(=O)n(Cc2ccccc2)n1)c1cccc(C)c1. The number of aromatic nitrogens is 2. The van der Waals surface area contributed by atoms with Gasteiger partial charge in [-0.05, 0) is 43.2 Å². The predicted octanol–water partition coefficient (Wildman–Crippen LogP) is 3.27. The van der Waals surface area contributed by atoms with Gasteiger partial charge in [-0.15, -0.1) is 0 Å². The van der Waals surface area contributed by atoms with E-state index in [4.69, 9.17) is 0 Å². The van der Waals surface area contributed by atoms with Crippen LogP contribution in [0.4, 0.5) is 5.69 Å². The van der Waals surface area contributed by atoms with Gasteiger partial charge in [0.2, 0.25) is 0 Å². The highest BCUT2D eigenvalue weighted by atomic mass is 16.2. The molecule has 3 aromatic rings. The maximum Gasteiger partial charge on any atom is 0.278 e. The van der Waals surface area contributed by atoms with Gasteiger partial charge in [-0.1, -0.05) is 42.5 Å². The summed E-state index contributed by atoms with van der Waals surface area (Å²) in [5.74, 6) is -0.222. The van der Waals surface area contributed by atoms with Gasteiger partial charge in [0.25, 0.3) is 11.5 Å². The number of aryl methyl sites for hydroxylation is 1. The highest BCUT2D eigenvalue weighted by Gasteiger charge is 2.18. The van der Waals surface area contributed by atoms with Crippen LogP contribution in [0.2, 0.25) is 0 Å². The molecule has 0 saturated carbocycles. The molecule has 5 heteroatoms. The van der Waals surface area contributed by atoms with Crippen LogP contribution in [-0.2, 0) is 6.54 Å². The molecular formula is C21H21N3O2. The number of amides is 1. The predicted molar refractivity (Wildman–Crippen MR) is 103 cm³/mol. The van der Waals surface area contributed by atoms with Crippen LogP contribution in [0.3, 0.4) is 0 Å². The summed E-state index contributed by atoms with van der Waals surface area (Å²) in [5, 5.41) is 4.30. The number of carbonyl (C=O) groups excluding carboxylic acids is 1. The zero-order chi connectivity index (χ0) is 18.5. The van der Waals surface area contributed by atoms with Crippen molar-refractivity contribution in [2.24, 2.45) is 0 Å². The molecule has 0 aliphatic carbocycles. The van der Waals surface area contributed by atoms with Crippen molar-refractivity contribution < 1.29 is 4.79 Å². The van der Waals surface area contributed by atoms with Crippen LogP contribution in [0.25, 0.3) is 0 Å². The zero-order valence-corrected chi connectivity index (χ0v) is 14.9. The van der Waals surface area contributed by atoms with Gasteiger partial charge in [0.15, 0.2) is 0 Å². The van der Waals surface area contributed by atoms with Crippen LogP contribution in [-0.4, -0.2) is 22.2 Å². The molecule has 0 fully saturated rings. The molecule has 0 radical (unpaired) electrons. The molecule has 0 saturated heterocycles. The fourth-order valence-corrected chi connectivity index (χ4v) is 2.81. The largest absolute Gasteiger partial charge is 0.307 e. The molecule has 2 aromatic carbocycles. The maximum absolute atomic E-state index is 13.0. The zero-order valence-electron chi connectivity index (χ0n) is 14.9. The summed E-state index contributed by atoms with van der Waals surface area (Å²) in [6.45, 7) is 4.75. The summed E-state index contributed by atoms with van der Waals surface area (Å²) < 4.78 is 1.33. The van der Waals surface area contributed by atoms with Gasteiger partial charge in [-0.25, -0.2) is 4.68 Å². The average molecular weight is 347 g/mol. The van der Waals surface area contributed by atoms with E-state index in [0.29, 0.717) is 13.1 Å². The standard InChI is InChI=1S/C21H21N3O2/c1-3-23(18-11-7-8-16(2)14-18)21(26)19-12-13-20(25)24(22-19)15-17-9-5-4-6-10-17/h4-14H,3,15H2,1-2H3. The molecule has 132 valence electrons. The molecule has 26 heavy (non-hydrogen) atoms. The van der Waals surface area contributed by atoms with Crippen LogP contribution in [0.5, 0.6) is 0 Å². The molecule has 0 N–H and O–H groups in total. The number of nitrogens with zero attached hydrogens (tertiary/aromatic N) is 3. The minimum Gasteiger partial charge on any atom is -0.307 e. The lowest BCUT2D eigenvalue weighted by Gasteiger charge is -2.21. The van der Waals surface area contributed by atoms with E-state index < -0.39 is 0 Å². The van der Waals surface area contributed by atoms with Crippen molar-refractivity contribution in [2.45, 2.75) is 20.4 Å². The Hall–Kier alpha value is -3.21. The summed E-state index contributed by atoms with van der Waals surface area (Å²) in [7, 11) is 0. The smallest absolute Gasteiger partial charge is 0.278 e. The number of rotatable bonds is 5. The van der Waals surface area contributed by atoms with E-state index in [0.717, 1.165) is 16.8 Å². The van der Waals surface area contributed by atoms with E-state index in [1.807, 2.05) is 68.4 Å².